The van der Waals surface area contributed by atoms with Gasteiger partial charge >= 0.3 is 0 Å². The van der Waals surface area contributed by atoms with Gasteiger partial charge in [0, 0.05) is 31.6 Å². The normalized spacial score (nSPS) is 18.1. The van der Waals surface area contributed by atoms with E-state index >= 15 is 0 Å². The summed E-state index contributed by atoms with van der Waals surface area (Å²) >= 11 is 0. The maximum absolute atomic E-state index is 5.18. The topological polar surface area (TPSA) is 86.8 Å². The lowest BCUT2D eigenvalue weighted by Gasteiger charge is -2.16. The second-order valence-corrected chi connectivity index (χ2v) is 4.73. The van der Waals surface area contributed by atoms with E-state index < -0.39 is 0 Å². The maximum atomic E-state index is 5.18. The van der Waals surface area contributed by atoms with Crippen LogP contribution in [0.15, 0.2) is 28.2 Å². The molecule has 1 atom stereocenters. The Labute approximate surface area is 116 Å². The standard InChI is InChI=1S/C12H17N7O/c1-9-15-17-19(16-9)7-11-5-13-18(6-11)4-3-12-8-20-10(2)14-12/h5-6,8,19H,3-4,7H2,1-2H3,(H,15,16). The third kappa shape index (κ3) is 3.03. The third-order valence-electron chi connectivity index (χ3n) is 2.96. The molecule has 2 aromatic rings. The van der Waals surface area contributed by atoms with Gasteiger partial charge in [0.1, 0.15) is 18.6 Å². The molecule has 0 saturated carbocycles. The number of aryl methyl sites for hydroxylation is 3. The van der Waals surface area contributed by atoms with Crippen LogP contribution in [-0.4, -0.2) is 20.6 Å². The first-order chi connectivity index (χ1) is 9.69. The Bertz CT molecular complexity index is 615. The summed E-state index contributed by atoms with van der Waals surface area (Å²) in [7, 11) is 0. The van der Waals surface area contributed by atoms with Crippen LogP contribution < -0.4 is 10.5 Å². The van der Waals surface area contributed by atoms with Crippen molar-refractivity contribution in [2.75, 3.05) is 0 Å². The molecule has 0 aromatic carbocycles. The van der Waals surface area contributed by atoms with Crippen molar-refractivity contribution in [2.24, 2.45) is 5.10 Å². The van der Waals surface area contributed by atoms with Gasteiger partial charge in [-0.25, -0.2) is 4.98 Å². The summed E-state index contributed by atoms with van der Waals surface area (Å²) in [6.45, 7) is 5.20. The average Bonchev–Trinajstić information content (AvgIpc) is 3.11. The zero-order valence-corrected chi connectivity index (χ0v) is 11.5. The molecule has 20 heavy (non-hydrogen) atoms. The third-order valence-corrected chi connectivity index (χ3v) is 2.96. The highest BCUT2D eigenvalue weighted by molar-refractivity contribution is 5.80. The minimum Gasteiger partial charge on any atom is -0.449 e. The van der Waals surface area contributed by atoms with E-state index in [9.17, 15) is 0 Å². The number of rotatable bonds is 5. The van der Waals surface area contributed by atoms with Gasteiger partial charge in [0.15, 0.2) is 5.89 Å². The molecule has 1 unspecified atom stereocenters. The number of hydrogen-bond donors (Lipinski definition) is 2. The number of amidine groups is 1. The van der Waals surface area contributed by atoms with Crippen molar-refractivity contribution in [3.63, 3.8) is 0 Å². The predicted octanol–water partition coefficient (Wildman–Crippen LogP) is -0.0526. The number of quaternary nitrogens is 1. The van der Waals surface area contributed by atoms with Gasteiger partial charge in [-0.2, -0.15) is 5.10 Å². The Morgan fingerprint density at radius 1 is 1.45 bits per heavy atom. The summed E-state index contributed by atoms with van der Waals surface area (Å²) in [5.41, 5.74) is 9.00. The lowest BCUT2D eigenvalue weighted by molar-refractivity contribution is -0.881. The first-order valence-electron chi connectivity index (χ1n) is 6.49. The van der Waals surface area contributed by atoms with Crippen LogP contribution in [0, 0.1) is 6.92 Å². The highest BCUT2D eigenvalue weighted by Gasteiger charge is 2.09. The van der Waals surface area contributed by atoms with Crippen molar-refractivity contribution in [1.29, 1.82) is 0 Å². The molecule has 3 rings (SSSR count). The Morgan fingerprint density at radius 2 is 2.35 bits per heavy atom. The van der Waals surface area contributed by atoms with Crippen LogP contribution in [-0.2, 0) is 19.5 Å². The fourth-order valence-electron chi connectivity index (χ4n) is 2.02. The lowest BCUT2D eigenvalue weighted by Crippen LogP contribution is -3.00. The molecule has 0 aliphatic carbocycles. The van der Waals surface area contributed by atoms with Crippen molar-refractivity contribution in [1.82, 2.24) is 20.2 Å². The largest absolute Gasteiger partial charge is 0.449 e. The highest BCUT2D eigenvalue weighted by Crippen LogP contribution is 2.03. The van der Waals surface area contributed by atoms with Crippen molar-refractivity contribution in [3.8, 4) is 0 Å². The average molecular weight is 275 g/mol. The molecule has 2 aromatic heterocycles. The summed E-state index contributed by atoms with van der Waals surface area (Å²) in [5, 5.41) is 9.41. The number of aromatic nitrogens is 3. The number of nitrogens with zero attached hydrogens (tertiary/aromatic N) is 5. The van der Waals surface area contributed by atoms with Crippen LogP contribution in [0.25, 0.3) is 5.53 Å². The monoisotopic (exact) mass is 275 g/mol. The molecule has 0 amide bonds. The van der Waals surface area contributed by atoms with E-state index in [-0.39, 0.29) is 0 Å². The van der Waals surface area contributed by atoms with E-state index in [4.69, 9.17) is 4.42 Å². The first kappa shape index (κ1) is 12.8. The van der Waals surface area contributed by atoms with Gasteiger partial charge in [0.05, 0.1) is 11.9 Å². The molecule has 1 aliphatic heterocycles. The fraction of sp³-hybridized carbons (Fsp3) is 0.417. The van der Waals surface area contributed by atoms with Gasteiger partial charge < -0.3 is 15.4 Å². The molecule has 1 aliphatic rings. The van der Waals surface area contributed by atoms with Crippen LogP contribution in [0.2, 0.25) is 0 Å². The zero-order valence-electron chi connectivity index (χ0n) is 11.5. The van der Waals surface area contributed by atoms with Crippen molar-refractivity contribution < 1.29 is 9.54 Å². The molecule has 2 N–H and O–H groups in total. The molecule has 0 fully saturated rings. The minimum absolute atomic E-state index is 0.688. The van der Waals surface area contributed by atoms with Gasteiger partial charge in [-0.15, -0.1) is 0 Å². The van der Waals surface area contributed by atoms with E-state index in [1.54, 1.807) is 6.26 Å². The quantitative estimate of drug-likeness (QED) is 0.801. The molecule has 106 valence electrons. The number of oxazole rings is 1. The van der Waals surface area contributed by atoms with Crippen LogP contribution in [0.3, 0.4) is 0 Å². The van der Waals surface area contributed by atoms with E-state index in [1.807, 2.05) is 30.9 Å². The Hall–Kier alpha value is -2.19. The van der Waals surface area contributed by atoms with Gasteiger partial charge in [-0.1, -0.05) is 5.10 Å². The van der Waals surface area contributed by atoms with Crippen molar-refractivity contribution in [3.05, 3.63) is 41.3 Å². The van der Waals surface area contributed by atoms with E-state index in [2.05, 4.69) is 26.1 Å². The van der Waals surface area contributed by atoms with Crippen molar-refractivity contribution >= 4 is 5.84 Å². The summed E-state index contributed by atoms with van der Waals surface area (Å²) in [6.07, 6.45) is 6.35. The summed E-state index contributed by atoms with van der Waals surface area (Å²) in [6, 6.07) is 0. The van der Waals surface area contributed by atoms with E-state index in [0.717, 1.165) is 35.2 Å². The molecule has 8 heteroatoms. The van der Waals surface area contributed by atoms with Gasteiger partial charge in [-0.3, -0.25) is 9.80 Å². The Kier molecular flexibility index (Phi) is 3.48. The maximum Gasteiger partial charge on any atom is 0.191 e. The second kappa shape index (κ2) is 5.43. The first-order valence-corrected chi connectivity index (χ1v) is 6.49. The lowest BCUT2D eigenvalue weighted by atomic mass is 10.3. The molecular weight excluding hydrogens is 258 g/mol. The minimum atomic E-state index is 0.688. The van der Waals surface area contributed by atoms with E-state index in [0.29, 0.717) is 12.4 Å². The van der Waals surface area contributed by atoms with Crippen molar-refractivity contribution in [2.45, 2.75) is 33.4 Å². The Morgan fingerprint density at radius 3 is 3.05 bits per heavy atom. The van der Waals surface area contributed by atoms with Gasteiger partial charge in [-0.05, 0) is 6.92 Å². The summed E-state index contributed by atoms with van der Waals surface area (Å²) in [4.78, 5) is 4.27. The molecule has 0 radical (unpaired) electrons. The molecule has 3 heterocycles. The smallest absolute Gasteiger partial charge is 0.191 e. The summed E-state index contributed by atoms with van der Waals surface area (Å²) in [5.74, 6) is 1.52. The number of nitrogens with one attached hydrogen (secondary N) is 2. The SMILES string of the molecule is CC1=N[NH+](Cc2cnn(CCc3coc(C)n3)c2)[N-]N1. The van der Waals surface area contributed by atoms with Crippen LogP contribution in [0.1, 0.15) is 24.1 Å². The second-order valence-electron chi connectivity index (χ2n) is 4.73. The number of hydrogen-bond acceptors (Lipinski definition) is 5. The van der Waals surface area contributed by atoms with E-state index in [1.165, 1.54) is 0 Å². The Balaban J connectivity index is 1.54. The molecule has 0 bridgehead atoms. The van der Waals surface area contributed by atoms with Gasteiger partial charge in [0.25, 0.3) is 0 Å². The molecule has 0 saturated heterocycles. The molecule has 8 nitrogen and oxygen atoms in total. The van der Waals surface area contributed by atoms with Crippen LogP contribution >= 0.6 is 0 Å². The zero-order chi connectivity index (χ0) is 13.9. The fourth-order valence-corrected chi connectivity index (χ4v) is 2.02. The van der Waals surface area contributed by atoms with Gasteiger partial charge in [0.2, 0.25) is 0 Å². The molecular formula is C12H17N7O. The highest BCUT2D eigenvalue weighted by atomic mass is 16.3. The van der Waals surface area contributed by atoms with Crippen LogP contribution in [0.5, 0.6) is 0 Å². The van der Waals surface area contributed by atoms with Crippen LogP contribution in [0.4, 0.5) is 0 Å². The predicted molar refractivity (Wildman–Crippen MR) is 71.4 cm³/mol. The molecule has 0 spiro atoms. The summed E-state index contributed by atoms with van der Waals surface area (Å²) < 4.78 is 7.08.